The predicted octanol–water partition coefficient (Wildman–Crippen LogP) is 3.41. The number of rotatable bonds is 2. The van der Waals surface area contributed by atoms with Crippen molar-refractivity contribution in [2.45, 2.75) is 19.4 Å². The van der Waals surface area contributed by atoms with Crippen LogP contribution in [0, 0.1) is 5.92 Å². The SMILES string of the molecule is CC1CC(c2cccnc2)N(C(=O)c2cc3ccccc3c(=O)o2)C1. The molecule has 25 heavy (non-hydrogen) atoms. The van der Waals surface area contributed by atoms with Crippen molar-refractivity contribution in [1.82, 2.24) is 9.88 Å². The average Bonchev–Trinajstić information content (AvgIpc) is 3.03. The molecule has 1 aliphatic heterocycles. The maximum absolute atomic E-state index is 13.0. The molecule has 0 radical (unpaired) electrons. The van der Waals surface area contributed by atoms with Crippen LogP contribution in [0.4, 0.5) is 0 Å². The van der Waals surface area contributed by atoms with Gasteiger partial charge in [0.05, 0.1) is 11.4 Å². The molecule has 5 heteroatoms. The molecule has 0 saturated carbocycles. The zero-order valence-corrected chi connectivity index (χ0v) is 13.9. The van der Waals surface area contributed by atoms with Crippen molar-refractivity contribution in [1.29, 1.82) is 0 Å². The highest BCUT2D eigenvalue weighted by atomic mass is 16.4. The maximum Gasteiger partial charge on any atom is 0.344 e. The molecule has 1 aliphatic rings. The number of nitrogens with zero attached hydrogens (tertiary/aromatic N) is 2. The standard InChI is InChI=1S/C20H18N2O3/c1-13-9-17(15-6-4-8-21-11-15)22(12-13)19(23)18-10-14-5-2-3-7-16(14)20(24)25-18/h2-8,10-11,13,17H,9,12H2,1H3. The van der Waals surface area contributed by atoms with Gasteiger partial charge >= 0.3 is 5.63 Å². The number of hydrogen-bond donors (Lipinski definition) is 0. The summed E-state index contributed by atoms with van der Waals surface area (Å²) in [5.74, 6) is 0.217. The molecule has 4 rings (SSSR count). The first-order valence-corrected chi connectivity index (χ1v) is 8.37. The van der Waals surface area contributed by atoms with E-state index in [9.17, 15) is 9.59 Å². The molecular weight excluding hydrogens is 316 g/mol. The van der Waals surface area contributed by atoms with Gasteiger partial charge in [-0.1, -0.05) is 31.2 Å². The molecule has 0 aliphatic carbocycles. The number of amides is 1. The van der Waals surface area contributed by atoms with Crippen LogP contribution >= 0.6 is 0 Å². The van der Waals surface area contributed by atoms with E-state index in [4.69, 9.17) is 4.42 Å². The summed E-state index contributed by atoms with van der Waals surface area (Å²) in [6.45, 7) is 2.75. The molecule has 126 valence electrons. The van der Waals surface area contributed by atoms with Gasteiger partial charge in [0.25, 0.3) is 5.91 Å². The molecule has 0 bridgehead atoms. The van der Waals surface area contributed by atoms with Crippen LogP contribution < -0.4 is 5.63 Å². The molecule has 2 atom stereocenters. The molecule has 1 saturated heterocycles. The lowest BCUT2D eigenvalue weighted by atomic mass is 10.0. The summed E-state index contributed by atoms with van der Waals surface area (Å²) >= 11 is 0. The molecular formula is C20H18N2O3. The first-order valence-electron chi connectivity index (χ1n) is 8.37. The van der Waals surface area contributed by atoms with Crippen LogP contribution in [0.2, 0.25) is 0 Å². The summed E-state index contributed by atoms with van der Waals surface area (Å²) in [6, 6.07) is 12.6. The van der Waals surface area contributed by atoms with E-state index in [2.05, 4.69) is 11.9 Å². The smallest absolute Gasteiger partial charge is 0.344 e. The minimum Gasteiger partial charge on any atom is -0.417 e. The van der Waals surface area contributed by atoms with E-state index in [1.807, 2.05) is 24.3 Å². The van der Waals surface area contributed by atoms with Crippen molar-refractivity contribution >= 4 is 16.7 Å². The van der Waals surface area contributed by atoms with Crippen LogP contribution in [0.5, 0.6) is 0 Å². The highest BCUT2D eigenvalue weighted by Crippen LogP contribution is 2.36. The van der Waals surface area contributed by atoms with Gasteiger partial charge in [-0.15, -0.1) is 0 Å². The molecule has 2 aromatic heterocycles. The second-order valence-corrected chi connectivity index (χ2v) is 6.59. The number of likely N-dealkylation sites (tertiary alicyclic amines) is 1. The van der Waals surface area contributed by atoms with E-state index in [0.29, 0.717) is 23.2 Å². The Labute approximate surface area is 144 Å². The average molecular weight is 334 g/mol. The summed E-state index contributed by atoms with van der Waals surface area (Å²) < 4.78 is 5.32. The third kappa shape index (κ3) is 2.82. The van der Waals surface area contributed by atoms with Crippen LogP contribution in [0.25, 0.3) is 10.8 Å². The largest absolute Gasteiger partial charge is 0.417 e. The lowest BCUT2D eigenvalue weighted by molar-refractivity contribution is 0.0695. The van der Waals surface area contributed by atoms with Gasteiger partial charge in [-0.05, 0) is 41.5 Å². The van der Waals surface area contributed by atoms with Crippen LogP contribution in [0.15, 0.2) is 64.1 Å². The fourth-order valence-corrected chi connectivity index (χ4v) is 3.54. The van der Waals surface area contributed by atoms with E-state index < -0.39 is 5.63 Å². The first kappa shape index (κ1) is 15.6. The number of carbonyl (C=O) groups excluding carboxylic acids is 1. The highest BCUT2D eigenvalue weighted by molar-refractivity contribution is 5.95. The number of aromatic nitrogens is 1. The minimum absolute atomic E-state index is 0.0482. The van der Waals surface area contributed by atoms with E-state index in [0.717, 1.165) is 12.0 Å². The Hall–Kier alpha value is -2.95. The highest BCUT2D eigenvalue weighted by Gasteiger charge is 2.35. The molecule has 1 amide bonds. The molecule has 3 heterocycles. The van der Waals surface area contributed by atoms with E-state index in [1.54, 1.807) is 35.5 Å². The summed E-state index contributed by atoms with van der Waals surface area (Å²) in [4.78, 5) is 31.2. The van der Waals surface area contributed by atoms with Gasteiger partial charge in [-0.2, -0.15) is 0 Å². The Morgan fingerprint density at radius 3 is 2.88 bits per heavy atom. The number of benzene rings is 1. The number of fused-ring (bicyclic) bond motifs is 1. The molecule has 0 N–H and O–H groups in total. The maximum atomic E-state index is 13.0. The van der Waals surface area contributed by atoms with Gasteiger partial charge in [0.15, 0.2) is 5.76 Å². The van der Waals surface area contributed by atoms with Crippen molar-refractivity contribution in [2.75, 3.05) is 6.54 Å². The summed E-state index contributed by atoms with van der Waals surface area (Å²) in [7, 11) is 0. The third-order valence-corrected chi connectivity index (χ3v) is 4.72. The van der Waals surface area contributed by atoms with E-state index in [-0.39, 0.29) is 17.7 Å². The predicted molar refractivity (Wildman–Crippen MR) is 94.3 cm³/mol. The fraction of sp³-hybridized carbons (Fsp3) is 0.250. The van der Waals surface area contributed by atoms with Gasteiger partial charge < -0.3 is 9.32 Å². The monoisotopic (exact) mass is 334 g/mol. The molecule has 5 nitrogen and oxygen atoms in total. The zero-order valence-electron chi connectivity index (χ0n) is 13.9. The molecule has 1 fully saturated rings. The van der Waals surface area contributed by atoms with Gasteiger partial charge in [0, 0.05) is 18.9 Å². The van der Waals surface area contributed by atoms with Crippen molar-refractivity contribution < 1.29 is 9.21 Å². The molecule has 1 aromatic carbocycles. The molecule has 3 aromatic rings. The first-order chi connectivity index (χ1) is 12.1. The van der Waals surface area contributed by atoms with Crippen LogP contribution in [0.1, 0.15) is 35.5 Å². The van der Waals surface area contributed by atoms with Gasteiger partial charge in [-0.25, -0.2) is 4.79 Å². The third-order valence-electron chi connectivity index (χ3n) is 4.72. The Bertz CT molecular complexity index is 981. The van der Waals surface area contributed by atoms with Crippen LogP contribution in [-0.4, -0.2) is 22.3 Å². The quantitative estimate of drug-likeness (QED) is 0.720. The van der Waals surface area contributed by atoms with Crippen molar-refractivity contribution in [2.24, 2.45) is 5.92 Å². The second-order valence-electron chi connectivity index (χ2n) is 6.59. The Balaban J connectivity index is 1.73. The number of hydrogen-bond acceptors (Lipinski definition) is 4. The van der Waals surface area contributed by atoms with Crippen molar-refractivity contribution in [3.63, 3.8) is 0 Å². The summed E-state index contributed by atoms with van der Waals surface area (Å²) in [5, 5.41) is 1.20. The number of pyridine rings is 1. The number of carbonyl (C=O) groups is 1. The minimum atomic E-state index is -0.480. The van der Waals surface area contributed by atoms with Crippen LogP contribution in [-0.2, 0) is 0 Å². The Morgan fingerprint density at radius 2 is 2.08 bits per heavy atom. The van der Waals surface area contributed by atoms with Gasteiger partial charge in [0.2, 0.25) is 0 Å². The van der Waals surface area contributed by atoms with Crippen molar-refractivity contribution in [3.8, 4) is 0 Å². The zero-order chi connectivity index (χ0) is 17.4. The molecule has 0 spiro atoms. The summed E-state index contributed by atoms with van der Waals surface area (Å²) in [5.41, 5.74) is 0.523. The Kier molecular flexibility index (Phi) is 3.84. The van der Waals surface area contributed by atoms with E-state index >= 15 is 0 Å². The van der Waals surface area contributed by atoms with Crippen LogP contribution in [0.3, 0.4) is 0 Å². The normalized spacial score (nSPS) is 20.1. The van der Waals surface area contributed by atoms with Gasteiger partial charge in [0.1, 0.15) is 0 Å². The van der Waals surface area contributed by atoms with Crippen molar-refractivity contribution in [3.05, 3.63) is 76.6 Å². The van der Waals surface area contributed by atoms with Gasteiger partial charge in [-0.3, -0.25) is 9.78 Å². The lowest BCUT2D eigenvalue weighted by Gasteiger charge is -2.24. The summed E-state index contributed by atoms with van der Waals surface area (Å²) in [6.07, 6.45) is 4.38. The topological polar surface area (TPSA) is 63.4 Å². The van der Waals surface area contributed by atoms with E-state index in [1.165, 1.54) is 0 Å². The Morgan fingerprint density at radius 1 is 1.24 bits per heavy atom. The second kappa shape index (κ2) is 6.16. The molecule has 2 unspecified atom stereocenters. The fourth-order valence-electron chi connectivity index (χ4n) is 3.54. The lowest BCUT2D eigenvalue weighted by Crippen LogP contribution is -2.31.